The third-order valence-electron chi connectivity index (χ3n) is 8.41. The quantitative estimate of drug-likeness (QED) is 0.173. The minimum atomic E-state index is -2.49. The van der Waals surface area contributed by atoms with Crippen LogP contribution in [0.5, 0.6) is 5.75 Å². The number of benzene rings is 2. The third-order valence-corrected chi connectivity index (χ3v) is 12.3. The summed E-state index contributed by atoms with van der Waals surface area (Å²) in [5.74, 6) is -0.731. The second-order valence-corrected chi connectivity index (χ2v) is 18.1. The number of carbonyl (C=O) groups excluding carboxylic acids is 1. The third kappa shape index (κ3) is 7.26. The van der Waals surface area contributed by atoms with Crippen LogP contribution in [0.3, 0.4) is 0 Å². The molecule has 3 aromatic rings. The molecule has 1 N–H and O–H groups in total. The number of hydrogen-bond donors (Lipinski definition) is 1. The molecule has 6 nitrogen and oxygen atoms in total. The van der Waals surface area contributed by atoms with Gasteiger partial charge in [0, 0.05) is 18.7 Å². The first-order valence-corrected chi connectivity index (χ1v) is 17.9. The van der Waals surface area contributed by atoms with Crippen LogP contribution in [0.25, 0.3) is 10.9 Å². The molecule has 0 aliphatic rings. The maximum atomic E-state index is 14.8. The monoisotopic (exact) mass is 617 g/mol. The van der Waals surface area contributed by atoms with E-state index in [0.717, 1.165) is 6.42 Å². The Morgan fingerprint density at radius 1 is 1.12 bits per heavy atom. The molecule has 2 aromatic carbocycles. The fourth-order valence-electron chi connectivity index (χ4n) is 5.18. The van der Waals surface area contributed by atoms with Gasteiger partial charge in [0.05, 0.1) is 29.1 Å². The number of nitrogens with zero attached hydrogens (tertiary/aromatic N) is 1. The number of pyridine rings is 1. The minimum Gasteiger partial charge on any atom is -0.492 e. The molecule has 0 saturated carbocycles. The number of ether oxygens (including phenoxy) is 2. The second kappa shape index (κ2) is 12.9. The van der Waals surface area contributed by atoms with Crippen LogP contribution in [0.1, 0.15) is 88.8 Å². The Morgan fingerprint density at radius 3 is 2.36 bits per heavy atom. The van der Waals surface area contributed by atoms with Gasteiger partial charge in [0.1, 0.15) is 17.1 Å². The van der Waals surface area contributed by atoms with Crippen molar-refractivity contribution < 1.29 is 23.5 Å². The summed E-state index contributed by atoms with van der Waals surface area (Å²) in [7, 11) is -2.49. The zero-order valence-corrected chi connectivity index (χ0v) is 28.1. The van der Waals surface area contributed by atoms with Crippen molar-refractivity contribution in [3.8, 4) is 5.75 Å². The Morgan fingerprint density at radius 2 is 1.79 bits per heavy atom. The molecule has 1 atom stereocenters. The lowest BCUT2D eigenvalue weighted by Crippen LogP contribution is -2.40. The van der Waals surface area contributed by atoms with Crippen LogP contribution >= 0.6 is 11.6 Å². The number of fused-ring (bicyclic) bond motifs is 1. The van der Waals surface area contributed by atoms with Gasteiger partial charge in [-0.15, -0.1) is 0 Å². The van der Waals surface area contributed by atoms with E-state index < -0.39 is 25.5 Å². The van der Waals surface area contributed by atoms with Gasteiger partial charge in [-0.05, 0) is 79.6 Å². The summed E-state index contributed by atoms with van der Waals surface area (Å²) in [6, 6.07) is 8.21. The first-order valence-electron chi connectivity index (χ1n) is 14.6. The average molecular weight is 618 g/mol. The number of hydrogen-bond acceptors (Lipinski definition) is 5. The molecule has 0 aliphatic carbocycles. The summed E-state index contributed by atoms with van der Waals surface area (Å²) >= 11 is 6.04. The Hall–Kier alpha value is -2.68. The predicted molar refractivity (Wildman–Crippen MR) is 171 cm³/mol. The molecule has 3 rings (SSSR count). The highest BCUT2D eigenvalue weighted by Crippen LogP contribution is 2.46. The van der Waals surface area contributed by atoms with Crippen molar-refractivity contribution >= 4 is 36.8 Å². The largest absolute Gasteiger partial charge is 0.492 e. The maximum absolute atomic E-state index is 14.8. The second-order valence-electron chi connectivity index (χ2n) is 13.2. The zero-order chi connectivity index (χ0) is 31.6. The van der Waals surface area contributed by atoms with Crippen LogP contribution in [0, 0.1) is 11.2 Å². The molecular weight excluding hydrogens is 573 g/mol. The lowest BCUT2D eigenvalue weighted by Gasteiger charge is -2.40. The standard InChI is InChI=1S/C33H45ClFNO5Si/c1-10-40-26-19-21(17-22-13-12-14-25(34)28(22)35)18-23-29(26)36(20-24(30(23)37)31(38)41-11-2)27(32(3,4)5)15-16-33(6,7)42(8,9)39/h12-14,18-20,27,39H,10-11,15-17H2,1-9H3/t27-/m1/s1. The van der Waals surface area contributed by atoms with Crippen molar-refractivity contribution in [2.75, 3.05) is 13.2 Å². The fourth-order valence-corrected chi connectivity index (χ4v) is 6.13. The van der Waals surface area contributed by atoms with E-state index in [1.54, 1.807) is 31.3 Å². The highest BCUT2D eigenvalue weighted by atomic mass is 35.5. The number of esters is 1. The van der Waals surface area contributed by atoms with E-state index in [1.165, 1.54) is 6.07 Å². The smallest absolute Gasteiger partial charge is 0.343 e. The van der Waals surface area contributed by atoms with Gasteiger partial charge < -0.3 is 18.8 Å². The van der Waals surface area contributed by atoms with E-state index >= 15 is 0 Å². The topological polar surface area (TPSA) is 77.8 Å². The van der Waals surface area contributed by atoms with Crippen molar-refractivity contribution in [3.05, 3.63) is 74.3 Å². The van der Waals surface area contributed by atoms with Crippen LogP contribution in [-0.4, -0.2) is 36.9 Å². The molecule has 1 aromatic heterocycles. The van der Waals surface area contributed by atoms with Crippen LogP contribution < -0.4 is 10.2 Å². The Labute approximate surface area is 254 Å². The van der Waals surface area contributed by atoms with E-state index in [1.807, 2.05) is 30.7 Å². The summed E-state index contributed by atoms with van der Waals surface area (Å²) in [6.45, 7) is 18.5. The Kier molecular flexibility index (Phi) is 10.4. The van der Waals surface area contributed by atoms with Gasteiger partial charge in [-0.3, -0.25) is 4.79 Å². The van der Waals surface area contributed by atoms with Crippen LogP contribution in [0.15, 0.2) is 41.3 Å². The molecule has 9 heteroatoms. The summed E-state index contributed by atoms with van der Waals surface area (Å²) in [6.07, 6.45) is 3.21. The van der Waals surface area contributed by atoms with Crippen molar-refractivity contribution in [1.82, 2.24) is 4.57 Å². The predicted octanol–water partition coefficient (Wildman–Crippen LogP) is 8.31. The van der Waals surface area contributed by atoms with E-state index in [2.05, 4.69) is 34.6 Å². The van der Waals surface area contributed by atoms with Gasteiger partial charge in [-0.1, -0.05) is 58.4 Å². The minimum absolute atomic E-state index is 0.0235. The van der Waals surface area contributed by atoms with E-state index in [9.17, 15) is 18.8 Å². The van der Waals surface area contributed by atoms with Gasteiger partial charge in [0.2, 0.25) is 5.43 Å². The molecule has 0 radical (unpaired) electrons. The number of halogens is 2. The molecule has 0 bridgehead atoms. The van der Waals surface area contributed by atoms with E-state index in [4.69, 9.17) is 21.1 Å². The molecule has 230 valence electrons. The van der Waals surface area contributed by atoms with E-state index in [0.29, 0.717) is 40.8 Å². The Bertz CT molecular complexity index is 1500. The fraction of sp³-hybridized carbons (Fsp3) is 0.515. The number of aromatic nitrogens is 1. The first-order chi connectivity index (χ1) is 19.4. The van der Waals surface area contributed by atoms with Gasteiger partial charge >= 0.3 is 5.97 Å². The lowest BCUT2D eigenvalue weighted by atomic mass is 9.82. The van der Waals surface area contributed by atoms with Gasteiger partial charge in [-0.2, -0.15) is 0 Å². The van der Waals surface area contributed by atoms with Crippen molar-refractivity contribution in [2.45, 2.75) is 91.9 Å². The Balaban J connectivity index is 2.36. The van der Waals surface area contributed by atoms with Gasteiger partial charge in [0.25, 0.3) is 0 Å². The summed E-state index contributed by atoms with van der Waals surface area (Å²) in [5.41, 5.74) is 0.782. The van der Waals surface area contributed by atoms with Crippen LogP contribution in [0.2, 0.25) is 23.2 Å². The highest BCUT2D eigenvalue weighted by molar-refractivity contribution is 6.72. The molecule has 42 heavy (non-hydrogen) atoms. The van der Waals surface area contributed by atoms with Gasteiger partial charge in [0.15, 0.2) is 8.32 Å². The van der Waals surface area contributed by atoms with E-state index in [-0.39, 0.29) is 40.1 Å². The van der Waals surface area contributed by atoms with Crippen LogP contribution in [0.4, 0.5) is 4.39 Å². The normalized spacial score (nSPS) is 13.3. The molecule has 0 amide bonds. The molecule has 0 saturated heterocycles. The maximum Gasteiger partial charge on any atom is 0.343 e. The number of carbonyl (C=O) groups is 1. The molecule has 0 fully saturated rings. The molecule has 1 heterocycles. The molecule has 0 unspecified atom stereocenters. The zero-order valence-electron chi connectivity index (χ0n) is 26.4. The number of rotatable bonds is 11. The highest BCUT2D eigenvalue weighted by Gasteiger charge is 2.40. The summed E-state index contributed by atoms with van der Waals surface area (Å²) in [5, 5.41) is 0.0522. The first kappa shape index (κ1) is 33.8. The summed E-state index contributed by atoms with van der Waals surface area (Å²) in [4.78, 5) is 38.0. The molecule has 0 spiro atoms. The SMILES string of the molecule is CCOC(=O)c1cn([C@H](CCC(C)(C)[Si](C)(C)O)C(C)(C)C)c2c(OCC)cc(Cc3cccc(Cl)c3F)cc2c1=O. The lowest BCUT2D eigenvalue weighted by molar-refractivity contribution is 0.0523. The van der Waals surface area contributed by atoms with Crippen molar-refractivity contribution in [2.24, 2.45) is 5.41 Å². The summed E-state index contributed by atoms with van der Waals surface area (Å²) < 4.78 is 28.3. The van der Waals surface area contributed by atoms with Crippen molar-refractivity contribution in [3.63, 3.8) is 0 Å². The molecular formula is C33H45ClFNO5Si. The van der Waals surface area contributed by atoms with Crippen LogP contribution in [-0.2, 0) is 11.2 Å². The van der Waals surface area contributed by atoms with Gasteiger partial charge in [-0.25, -0.2) is 9.18 Å². The average Bonchev–Trinajstić information content (AvgIpc) is 2.87. The molecule has 0 aliphatic heterocycles. The van der Waals surface area contributed by atoms with Crippen molar-refractivity contribution in [1.29, 1.82) is 0 Å².